The third-order valence-corrected chi connectivity index (χ3v) is 2.82. The maximum absolute atomic E-state index is 5.49. The fourth-order valence-corrected chi connectivity index (χ4v) is 1.99. The van der Waals surface area contributed by atoms with E-state index in [0.717, 1.165) is 31.2 Å². The molecule has 1 aliphatic heterocycles. The number of piperazine rings is 1. The summed E-state index contributed by atoms with van der Waals surface area (Å²) in [6, 6.07) is 4.41. The van der Waals surface area contributed by atoms with Gasteiger partial charge in [-0.25, -0.2) is 4.98 Å². The van der Waals surface area contributed by atoms with E-state index in [-0.39, 0.29) is 0 Å². The van der Waals surface area contributed by atoms with Crippen molar-refractivity contribution in [3.05, 3.63) is 18.3 Å². The molecule has 0 radical (unpaired) electrons. The number of aromatic nitrogens is 1. The summed E-state index contributed by atoms with van der Waals surface area (Å²) in [4.78, 5) is 6.73. The monoisotopic (exact) mass is 221 g/mol. The molecule has 0 bridgehead atoms. The van der Waals surface area contributed by atoms with Crippen LogP contribution in [0.4, 0.5) is 5.82 Å². The first-order chi connectivity index (χ1) is 7.81. The van der Waals surface area contributed by atoms with Crippen molar-refractivity contribution >= 4 is 5.82 Å². The average molecular weight is 221 g/mol. The standard InChI is InChI=1S/C12H19N3O/c1-3-16-11-4-5-14-12(8-11)15-7-6-13-9-10(15)2/h4-5,8,10,13H,3,6-7,9H2,1-2H3. The summed E-state index contributed by atoms with van der Waals surface area (Å²) < 4.78 is 5.49. The summed E-state index contributed by atoms with van der Waals surface area (Å²) in [6.07, 6.45) is 1.81. The van der Waals surface area contributed by atoms with Crippen LogP contribution in [-0.4, -0.2) is 37.3 Å². The lowest BCUT2D eigenvalue weighted by atomic mass is 10.2. The highest BCUT2D eigenvalue weighted by molar-refractivity contribution is 5.45. The molecular weight excluding hydrogens is 202 g/mol. The summed E-state index contributed by atoms with van der Waals surface area (Å²) in [6.45, 7) is 7.93. The topological polar surface area (TPSA) is 37.4 Å². The van der Waals surface area contributed by atoms with E-state index in [9.17, 15) is 0 Å². The van der Waals surface area contributed by atoms with Gasteiger partial charge in [-0.05, 0) is 19.9 Å². The number of anilines is 1. The van der Waals surface area contributed by atoms with Crippen LogP contribution in [0.5, 0.6) is 5.75 Å². The van der Waals surface area contributed by atoms with E-state index < -0.39 is 0 Å². The van der Waals surface area contributed by atoms with Crippen molar-refractivity contribution in [1.29, 1.82) is 0 Å². The van der Waals surface area contributed by atoms with Gasteiger partial charge in [0.25, 0.3) is 0 Å². The van der Waals surface area contributed by atoms with Crippen LogP contribution in [0.1, 0.15) is 13.8 Å². The van der Waals surface area contributed by atoms with Crippen LogP contribution >= 0.6 is 0 Å². The largest absolute Gasteiger partial charge is 0.494 e. The molecule has 1 aromatic rings. The second kappa shape index (κ2) is 5.16. The van der Waals surface area contributed by atoms with Gasteiger partial charge in [-0.3, -0.25) is 0 Å². The van der Waals surface area contributed by atoms with Crippen molar-refractivity contribution in [3.63, 3.8) is 0 Å². The molecule has 1 fully saturated rings. The summed E-state index contributed by atoms with van der Waals surface area (Å²) in [5, 5.41) is 3.37. The van der Waals surface area contributed by atoms with E-state index in [1.165, 1.54) is 0 Å². The maximum Gasteiger partial charge on any atom is 0.132 e. The number of hydrogen-bond donors (Lipinski definition) is 1. The zero-order valence-corrected chi connectivity index (χ0v) is 9.94. The van der Waals surface area contributed by atoms with Gasteiger partial charge < -0.3 is 15.0 Å². The molecule has 16 heavy (non-hydrogen) atoms. The van der Waals surface area contributed by atoms with E-state index in [2.05, 4.69) is 22.1 Å². The third kappa shape index (κ3) is 2.44. The van der Waals surface area contributed by atoms with Gasteiger partial charge in [-0.15, -0.1) is 0 Å². The lowest BCUT2D eigenvalue weighted by molar-refractivity contribution is 0.339. The molecule has 0 saturated carbocycles. The molecule has 4 heteroatoms. The van der Waals surface area contributed by atoms with Crippen LogP contribution in [0.3, 0.4) is 0 Å². The van der Waals surface area contributed by atoms with Crippen LogP contribution in [0.15, 0.2) is 18.3 Å². The number of nitrogens with one attached hydrogen (secondary N) is 1. The molecule has 4 nitrogen and oxygen atoms in total. The Balaban J connectivity index is 2.15. The molecule has 0 spiro atoms. The smallest absolute Gasteiger partial charge is 0.132 e. The molecule has 1 N–H and O–H groups in total. The molecule has 2 rings (SSSR count). The Hall–Kier alpha value is -1.29. The van der Waals surface area contributed by atoms with E-state index in [1.54, 1.807) is 0 Å². The van der Waals surface area contributed by atoms with E-state index in [1.807, 2.05) is 25.3 Å². The molecule has 0 amide bonds. The average Bonchev–Trinajstić information content (AvgIpc) is 2.30. The summed E-state index contributed by atoms with van der Waals surface area (Å²) >= 11 is 0. The van der Waals surface area contributed by atoms with Crippen molar-refractivity contribution in [2.75, 3.05) is 31.1 Å². The lowest BCUT2D eigenvalue weighted by Gasteiger charge is -2.34. The normalized spacial score (nSPS) is 20.9. The first-order valence-electron chi connectivity index (χ1n) is 5.87. The molecule has 88 valence electrons. The summed E-state index contributed by atoms with van der Waals surface area (Å²) in [5.41, 5.74) is 0. The Morgan fingerprint density at radius 2 is 2.50 bits per heavy atom. The number of pyridine rings is 1. The zero-order valence-electron chi connectivity index (χ0n) is 9.94. The first kappa shape index (κ1) is 11.2. The highest BCUT2D eigenvalue weighted by Crippen LogP contribution is 2.20. The third-order valence-electron chi connectivity index (χ3n) is 2.82. The van der Waals surface area contributed by atoms with Crippen molar-refractivity contribution in [1.82, 2.24) is 10.3 Å². The van der Waals surface area contributed by atoms with Crippen LogP contribution < -0.4 is 15.0 Å². The summed E-state index contributed by atoms with van der Waals surface area (Å²) in [5.74, 6) is 1.91. The fourth-order valence-electron chi connectivity index (χ4n) is 1.99. The van der Waals surface area contributed by atoms with Gasteiger partial charge in [0.1, 0.15) is 11.6 Å². The van der Waals surface area contributed by atoms with Gasteiger partial charge in [0.2, 0.25) is 0 Å². The van der Waals surface area contributed by atoms with Crippen LogP contribution in [0, 0.1) is 0 Å². The second-order valence-corrected chi connectivity index (χ2v) is 4.03. The molecular formula is C12H19N3O. The van der Waals surface area contributed by atoms with Crippen LogP contribution in [0.2, 0.25) is 0 Å². The minimum absolute atomic E-state index is 0.484. The Morgan fingerprint density at radius 1 is 1.62 bits per heavy atom. The highest BCUT2D eigenvalue weighted by Gasteiger charge is 2.19. The van der Waals surface area contributed by atoms with Gasteiger partial charge in [0.15, 0.2) is 0 Å². The van der Waals surface area contributed by atoms with E-state index in [4.69, 9.17) is 4.74 Å². The quantitative estimate of drug-likeness (QED) is 0.834. The predicted octanol–water partition coefficient (Wildman–Crippen LogP) is 1.28. The molecule has 1 aliphatic rings. The van der Waals surface area contributed by atoms with E-state index in [0.29, 0.717) is 12.6 Å². The molecule has 1 atom stereocenters. The van der Waals surface area contributed by atoms with Gasteiger partial charge >= 0.3 is 0 Å². The lowest BCUT2D eigenvalue weighted by Crippen LogP contribution is -2.50. The summed E-state index contributed by atoms with van der Waals surface area (Å²) in [7, 11) is 0. The van der Waals surface area contributed by atoms with Gasteiger partial charge in [0, 0.05) is 37.9 Å². The molecule has 1 aromatic heterocycles. The second-order valence-electron chi connectivity index (χ2n) is 4.03. The van der Waals surface area contributed by atoms with Gasteiger partial charge in [0.05, 0.1) is 6.61 Å². The molecule has 0 aliphatic carbocycles. The number of hydrogen-bond acceptors (Lipinski definition) is 4. The predicted molar refractivity (Wildman–Crippen MR) is 65.1 cm³/mol. The van der Waals surface area contributed by atoms with Gasteiger partial charge in [-0.1, -0.05) is 0 Å². The molecule has 0 aromatic carbocycles. The van der Waals surface area contributed by atoms with Crippen molar-refractivity contribution in [3.8, 4) is 5.75 Å². The SMILES string of the molecule is CCOc1ccnc(N2CCNCC2C)c1. The first-order valence-corrected chi connectivity index (χ1v) is 5.87. The molecule has 2 heterocycles. The Kier molecular flexibility index (Phi) is 3.62. The fraction of sp³-hybridized carbons (Fsp3) is 0.583. The number of rotatable bonds is 3. The van der Waals surface area contributed by atoms with Crippen molar-refractivity contribution in [2.24, 2.45) is 0 Å². The van der Waals surface area contributed by atoms with Crippen molar-refractivity contribution < 1.29 is 4.74 Å². The van der Waals surface area contributed by atoms with E-state index >= 15 is 0 Å². The highest BCUT2D eigenvalue weighted by atomic mass is 16.5. The zero-order chi connectivity index (χ0) is 11.4. The maximum atomic E-state index is 5.49. The minimum atomic E-state index is 0.484. The molecule has 1 saturated heterocycles. The van der Waals surface area contributed by atoms with Crippen molar-refractivity contribution in [2.45, 2.75) is 19.9 Å². The number of nitrogens with zero attached hydrogens (tertiary/aromatic N) is 2. The van der Waals surface area contributed by atoms with Crippen LogP contribution in [-0.2, 0) is 0 Å². The Labute approximate surface area is 96.6 Å². The molecule has 1 unspecified atom stereocenters. The minimum Gasteiger partial charge on any atom is -0.494 e. The Morgan fingerprint density at radius 3 is 3.25 bits per heavy atom. The van der Waals surface area contributed by atoms with Gasteiger partial charge in [-0.2, -0.15) is 0 Å². The number of ether oxygens (including phenoxy) is 1. The Bertz CT molecular complexity index is 343. The van der Waals surface area contributed by atoms with Crippen LogP contribution in [0.25, 0.3) is 0 Å².